The summed E-state index contributed by atoms with van der Waals surface area (Å²) in [6.07, 6.45) is 14.6. The van der Waals surface area contributed by atoms with Crippen LogP contribution in [-0.4, -0.2) is 54.8 Å². The first kappa shape index (κ1) is 25.6. The van der Waals surface area contributed by atoms with E-state index in [1.54, 1.807) is 0 Å². The highest BCUT2D eigenvalue weighted by atomic mass is 32.2. The maximum absolute atomic E-state index is 5.94. The minimum absolute atomic E-state index is 0.0260. The van der Waals surface area contributed by atoms with E-state index in [9.17, 15) is 0 Å². The van der Waals surface area contributed by atoms with Crippen molar-refractivity contribution in [3.8, 4) is 0 Å². The smallest absolute Gasteiger partial charge is 0.158 e. The maximum Gasteiger partial charge on any atom is 0.158 e. The van der Waals surface area contributed by atoms with Gasteiger partial charge in [-0.25, -0.2) is 4.99 Å². The van der Waals surface area contributed by atoms with E-state index in [0.29, 0.717) is 25.0 Å². The van der Waals surface area contributed by atoms with E-state index in [2.05, 4.69) is 54.8 Å². The molecule has 0 fully saturated rings. The highest BCUT2D eigenvalue weighted by molar-refractivity contribution is 8.06. The number of hydrazone groups is 1. The molecular formula is C24H37N7S. The lowest BCUT2D eigenvalue weighted by molar-refractivity contribution is 0.240. The number of nitrogens with one attached hydrogen (secondary N) is 1. The number of allylic oxidation sites excluding steroid dienone is 2. The number of aliphatic imine (C=N–C) groups is 3. The second-order valence-corrected chi connectivity index (χ2v) is 9.07. The molecule has 0 saturated carbocycles. The molecule has 2 aliphatic rings. The fourth-order valence-electron chi connectivity index (χ4n) is 3.02. The van der Waals surface area contributed by atoms with Crippen LogP contribution >= 0.6 is 11.8 Å². The molecule has 174 valence electrons. The second-order valence-electron chi connectivity index (χ2n) is 7.82. The number of nitrogens with zero attached hydrogens (tertiary/aromatic N) is 5. The maximum atomic E-state index is 5.94. The van der Waals surface area contributed by atoms with Gasteiger partial charge in [0.15, 0.2) is 5.84 Å². The van der Waals surface area contributed by atoms with Gasteiger partial charge in [-0.1, -0.05) is 43.5 Å². The number of thioether (sulfide) groups is 1. The second kappa shape index (κ2) is 13.7. The van der Waals surface area contributed by atoms with Crippen molar-refractivity contribution in [2.75, 3.05) is 19.6 Å². The van der Waals surface area contributed by atoms with Crippen molar-refractivity contribution in [1.82, 2.24) is 10.3 Å². The number of hydrogen-bond donors (Lipinski definition) is 2. The van der Waals surface area contributed by atoms with Crippen LogP contribution in [0.3, 0.4) is 0 Å². The summed E-state index contributed by atoms with van der Waals surface area (Å²) in [5.74, 6) is 1.53. The molecule has 8 heteroatoms. The fraction of sp³-hybridized carbons (Fsp3) is 0.500. The first-order valence-corrected chi connectivity index (χ1v) is 12.1. The molecule has 7 nitrogen and oxygen atoms in total. The molecular weight excluding hydrogens is 418 g/mol. The monoisotopic (exact) mass is 455 g/mol. The van der Waals surface area contributed by atoms with E-state index in [4.69, 9.17) is 20.8 Å². The van der Waals surface area contributed by atoms with Crippen LogP contribution in [0.5, 0.6) is 0 Å². The lowest BCUT2D eigenvalue weighted by Gasteiger charge is -2.25. The summed E-state index contributed by atoms with van der Waals surface area (Å²) in [7, 11) is 0. The standard InChI is InChI=1S/C24H37N7S/c1-6-20-17-29-31(18(3)4)14-13-27-24(21-11-9-8-10-12-26-16-21)30-23(20)28-15-19(5)32-22(25)7-2/h7,9,11-12,16-18,20H,5-6,8,10,13-15,25H2,1-4H3,(H,27,28,30)/b11-9-,21-16+,22-7-,26-12-,29-17-. The predicted octanol–water partition coefficient (Wildman–Crippen LogP) is 4.48. The van der Waals surface area contributed by atoms with E-state index in [1.807, 2.05) is 31.6 Å². The summed E-state index contributed by atoms with van der Waals surface area (Å²) in [5.41, 5.74) is 6.85. The van der Waals surface area contributed by atoms with Gasteiger partial charge in [0.05, 0.1) is 24.0 Å². The van der Waals surface area contributed by atoms with Gasteiger partial charge < -0.3 is 11.1 Å². The summed E-state index contributed by atoms with van der Waals surface area (Å²) in [4.78, 5) is 15.2. The number of rotatable bonds is 7. The molecule has 1 atom stereocenters. The van der Waals surface area contributed by atoms with Crippen molar-refractivity contribution in [3.63, 3.8) is 0 Å². The molecule has 1 unspecified atom stereocenters. The third kappa shape index (κ3) is 8.49. The lowest BCUT2D eigenvalue weighted by Crippen LogP contribution is -2.36. The van der Waals surface area contributed by atoms with Crippen molar-refractivity contribution < 1.29 is 0 Å². The number of hydrogen-bond acceptors (Lipinski definition) is 8. The van der Waals surface area contributed by atoms with Crippen LogP contribution in [0.25, 0.3) is 0 Å². The van der Waals surface area contributed by atoms with Crippen LogP contribution in [0, 0.1) is 5.92 Å². The van der Waals surface area contributed by atoms with E-state index < -0.39 is 0 Å². The van der Waals surface area contributed by atoms with E-state index in [0.717, 1.165) is 47.2 Å². The molecule has 0 aliphatic carbocycles. The largest absolute Gasteiger partial charge is 0.394 e. The molecule has 3 N–H and O–H groups in total. The zero-order valence-electron chi connectivity index (χ0n) is 19.8. The summed E-state index contributed by atoms with van der Waals surface area (Å²) >= 11 is 1.47. The average Bonchev–Trinajstić information content (AvgIpc) is 2.75. The molecule has 0 aromatic carbocycles. The first-order chi connectivity index (χ1) is 15.4. The Balaban J connectivity index is 2.41. The molecule has 2 heterocycles. The molecule has 0 aromatic rings. The highest BCUT2D eigenvalue weighted by Gasteiger charge is 2.18. The minimum atomic E-state index is 0.0260. The summed E-state index contributed by atoms with van der Waals surface area (Å²) in [5, 5.41) is 11.0. The van der Waals surface area contributed by atoms with Crippen molar-refractivity contribution in [3.05, 3.63) is 46.5 Å². The van der Waals surface area contributed by atoms with Gasteiger partial charge in [-0.3, -0.25) is 15.0 Å². The zero-order valence-corrected chi connectivity index (χ0v) is 20.6. The Labute approximate surface area is 197 Å². The average molecular weight is 456 g/mol. The Kier molecular flexibility index (Phi) is 11.0. The molecule has 0 saturated heterocycles. The van der Waals surface area contributed by atoms with Gasteiger partial charge in [0.1, 0.15) is 5.84 Å². The Hall–Kier alpha value is -2.61. The Bertz CT molecular complexity index is 846. The van der Waals surface area contributed by atoms with Crippen LogP contribution in [0.2, 0.25) is 0 Å². The molecule has 32 heavy (non-hydrogen) atoms. The quantitative estimate of drug-likeness (QED) is 0.592. The van der Waals surface area contributed by atoms with Gasteiger partial charge in [-0.05, 0) is 40.0 Å². The van der Waals surface area contributed by atoms with Crippen LogP contribution in [0.1, 0.15) is 47.0 Å². The zero-order chi connectivity index (χ0) is 23.3. The molecule has 2 aliphatic heterocycles. The summed E-state index contributed by atoms with van der Waals surface area (Å²) < 4.78 is 0. The Morgan fingerprint density at radius 3 is 2.94 bits per heavy atom. The summed E-state index contributed by atoms with van der Waals surface area (Å²) in [6.45, 7) is 14.4. The fourth-order valence-corrected chi connectivity index (χ4v) is 3.61. The number of nitrogens with two attached hydrogens (primary N) is 1. The van der Waals surface area contributed by atoms with Crippen LogP contribution in [0.15, 0.2) is 66.6 Å². The Morgan fingerprint density at radius 1 is 1.41 bits per heavy atom. The molecule has 0 radical (unpaired) electrons. The molecule has 0 bridgehead atoms. The van der Waals surface area contributed by atoms with E-state index in [1.165, 1.54) is 11.8 Å². The first-order valence-electron chi connectivity index (χ1n) is 11.3. The third-order valence-electron chi connectivity index (χ3n) is 4.95. The van der Waals surface area contributed by atoms with Gasteiger partial charge in [0.2, 0.25) is 0 Å². The SMILES string of the molecule is C=C(CN/C1=N/C(C2=C/N=C\CC/C=C\2)=N\CCN(C(C)C)/N=C\C1CC)S/C(N)=C\C. The van der Waals surface area contributed by atoms with E-state index in [-0.39, 0.29) is 5.92 Å². The van der Waals surface area contributed by atoms with Gasteiger partial charge >= 0.3 is 0 Å². The molecule has 0 aromatic heterocycles. The predicted molar refractivity (Wildman–Crippen MR) is 141 cm³/mol. The molecule has 2 rings (SSSR count). The molecule has 0 amide bonds. The normalized spacial score (nSPS) is 28.2. The van der Waals surface area contributed by atoms with Crippen molar-refractivity contribution in [2.24, 2.45) is 31.7 Å². The minimum Gasteiger partial charge on any atom is -0.394 e. The number of amidine groups is 2. The van der Waals surface area contributed by atoms with Gasteiger partial charge in [-0.15, -0.1) is 0 Å². The van der Waals surface area contributed by atoms with Crippen molar-refractivity contribution in [1.29, 1.82) is 0 Å². The third-order valence-corrected chi connectivity index (χ3v) is 5.85. The van der Waals surface area contributed by atoms with E-state index >= 15 is 0 Å². The lowest BCUT2D eigenvalue weighted by atomic mass is 10.1. The van der Waals surface area contributed by atoms with Crippen molar-refractivity contribution >= 4 is 35.9 Å². The highest BCUT2D eigenvalue weighted by Crippen LogP contribution is 2.19. The van der Waals surface area contributed by atoms with Gasteiger partial charge in [-0.2, -0.15) is 5.10 Å². The Morgan fingerprint density at radius 2 is 2.22 bits per heavy atom. The van der Waals surface area contributed by atoms with Crippen molar-refractivity contribution in [2.45, 2.75) is 53.0 Å². The van der Waals surface area contributed by atoms with Crippen LogP contribution in [-0.2, 0) is 0 Å². The topological polar surface area (TPSA) is 90.7 Å². The molecule has 0 spiro atoms. The van der Waals surface area contributed by atoms with Crippen LogP contribution < -0.4 is 11.1 Å². The van der Waals surface area contributed by atoms with Gasteiger partial charge in [0, 0.05) is 41.7 Å². The van der Waals surface area contributed by atoms with Gasteiger partial charge in [0.25, 0.3) is 0 Å². The summed E-state index contributed by atoms with van der Waals surface area (Å²) in [6, 6.07) is 0.292. The van der Waals surface area contributed by atoms with Crippen LogP contribution in [0.4, 0.5) is 0 Å².